The zero-order valence-electron chi connectivity index (χ0n) is 14.7. The first-order valence-corrected chi connectivity index (χ1v) is 9.50. The summed E-state index contributed by atoms with van der Waals surface area (Å²) in [6.07, 6.45) is 4.12. The molecule has 0 aromatic heterocycles. The predicted octanol–water partition coefficient (Wildman–Crippen LogP) is 1.52. The highest BCUT2D eigenvalue weighted by Crippen LogP contribution is 2.36. The van der Waals surface area contributed by atoms with Crippen LogP contribution in [0.4, 0.5) is 0 Å². The monoisotopic (exact) mass is 341 g/mol. The number of fused-ring (bicyclic) bond motifs is 1. The molecule has 0 bridgehead atoms. The summed E-state index contributed by atoms with van der Waals surface area (Å²) in [7, 11) is 0. The molecule has 1 aromatic rings. The molecular weight excluding hydrogens is 314 g/mol. The maximum Gasteiger partial charge on any atom is 0.248 e. The third-order valence-electron chi connectivity index (χ3n) is 6.00. The SMILES string of the molecule is NC(=O)c1ccccc1CCCN1CC2CN(C(=O)C3CC3)C[C@@H]2C1. The lowest BCUT2D eigenvalue weighted by Gasteiger charge is -2.21. The van der Waals surface area contributed by atoms with E-state index in [0.717, 1.165) is 64.0 Å². The molecule has 2 aliphatic heterocycles. The first-order valence-electron chi connectivity index (χ1n) is 9.50. The number of hydrogen-bond donors (Lipinski definition) is 1. The molecule has 2 amide bonds. The van der Waals surface area contributed by atoms with E-state index in [1.54, 1.807) is 0 Å². The van der Waals surface area contributed by atoms with Crippen LogP contribution in [0.1, 0.15) is 35.2 Å². The van der Waals surface area contributed by atoms with Crippen LogP contribution in [0.3, 0.4) is 0 Å². The fourth-order valence-electron chi connectivity index (χ4n) is 4.51. The zero-order valence-corrected chi connectivity index (χ0v) is 14.7. The number of primary amides is 1. The minimum Gasteiger partial charge on any atom is -0.366 e. The van der Waals surface area contributed by atoms with E-state index < -0.39 is 0 Å². The number of likely N-dealkylation sites (tertiary alicyclic amines) is 2. The van der Waals surface area contributed by atoms with Gasteiger partial charge >= 0.3 is 0 Å². The largest absolute Gasteiger partial charge is 0.366 e. The van der Waals surface area contributed by atoms with E-state index >= 15 is 0 Å². The Morgan fingerprint density at radius 2 is 1.72 bits per heavy atom. The van der Waals surface area contributed by atoms with E-state index in [1.807, 2.05) is 24.3 Å². The number of aryl methyl sites for hydroxylation is 1. The fourth-order valence-corrected chi connectivity index (χ4v) is 4.51. The average molecular weight is 341 g/mol. The molecule has 1 aliphatic carbocycles. The first kappa shape index (κ1) is 16.6. The van der Waals surface area contributed by atoms with E-state index in [-0.39, 0.29) is 5.91 Å². The molecule has 1 unspecified atom stereocenters. The van der Waals surface area contributed by atoms with Crippen LogP contribution in [0.5, 0.6) is 0 Å². The van der Waals surface area contributed by atoms with Crippen LogP contribution in [0, 0.1) is 17.8 Å². The van der Waals surface area contributed by atoms with Gasteiger partial charge in [0.1, 0.15) is 0 Å². The Bertz CT molecular complexity index is 657. The summed E-state index contributed by atoms with van der Waals surface area (Å²) in [6, 6.07) is 7.64. The Morgan fingerprint density at radius 3 is 2.36 bits per heavy atom. The molecule has 25 heavy (non-hydrogen) atoms. The zero-order chi connectivity index (χ0) is 17.4. The van der Waals surface area contributed by atoms with Crippen LogP contribution in [-0.4, -0.2) is 54.3 Å². The second-order valence-electron chi connectivity index (χ2n) is 7.92. The quantitative estimate of drug-likeness (QED) is 0.853. The topological polar surface area (TPSA) is 66.6 Å². The Morgan fingerprint density at radius 1 is 1.04 bits per heavy atom. The van der Waals surface area contributed by atoms with Gasteiger partial charge in [0.2, 0.25) is 11.8 Å². The summed E-state index contributed by atoms with van der Waals surface area (Å²) in [5, 5.41) is 0. The Balaban J connectivity index is 1.24. The van der Waals surface area contributed by atoms with Crippen molar-refractivity contribution in [3.8, 4) is 0 Å². The molecule has 4 rings (SSSR count). The molecule has 5 nitrogen and oxygen atoms in total. The molecule has 0 radical (unpaired) electrons. The second kappa shape index (κ2) is 6.79. The summed E-state index contributed by atoms with van der Waals surface area (Å²) in [5.41, 5.74) is 7.15. The smallest absolute Gasteiger partial charge is 0.248 e. The highest BCUT2D eigenvalue weighted by Gasteiger charge is 2.44. The van der Waals surface area contributed by atoms with Crippen molar-refractivity contribution in [3.05, 3.63) is 35.4 Å². The Kier molecular flexibility index (Phi) is 4.50. The highest BCUT2D eigenvalue weighted by molar-refractivity contribution is 5.94. The van der Waals surface area contributed by atoms with Gasteiger partial charge in [-0.25, -0.2) is 0 Å². The third-order valence-corrected chi connectivity index (χ3v) is 6.00. The van der Waals surface area contributed by atoms with Gasteiger partial charge < -0.3 is 15.5 Å². The number of hydrogen-bond acceptors (Lipinski definition) is 3. The van der Waals surface area contributed by atoms with Gasteiger partial charge in [-0.15, -0.1) is 0 Å². The number of nitrogens with zero attached hydrogens (tertiary/aromatic N) is 2. The van der Waals surface area contributed by atoms with Gasteiger partial charge in [-0.2, -0.15) is 0 Å². The molecule has 2 atom stereocenters. The van der Waals surface area contributed by atoms with E-state index in [1.165, 1.54) is 0 Å². The third kappa shape index (κ3) is 3.56. The molecule has 0 spiro atoms. The van der Waals surface area contributed by atoms with Crippen molar-refractivity contribution in [1.82, 2.24) is 9.80 Å². The van der Waals surface area contributed by atoms with Crippen LogP contribution in [0.15, 0.2) is 24.3 Å². The van der Waals surface area contributed by atoms with Crippen molar-refractivity contribution in [2.24, 2.45) is 23.5 Å². The van der Waals surface area contributed by atoms with Crippen LogP contribution < -0.4 is 5.73 Å². The molecule has 1 saturated carbocycles. The van der Waals surface area contributed by atoms with Crippen molar-refractivity contribution >= 4 is 11.8 Å². The van der Waals surface area contributed by atoms with Crippen LogP contribution >= 0.6 is 0 Å². The van der Waals surface area contributed by atoms with Crippen molar-refractivity contribution in [1.29, 1.82) is 0 Å². The average Bonchev–Trinajstić information content (AvgIpc) is 3.26. The minimum absolute atomic E-state index is 0.341. The van der Waals surface area contributed by atoms with E-state index in [0.29, 0.717) is 29.2 Å². The number of benzene rings is 1. The fraction of sp³-hybridized carbons (Fsp3) is 0.600. The van der Waals surface area contributed by atoms with Gasteiger partial charge in [-0.3, -0.25) is 9.59 Å². The number of rotatable bonds is 6. The Labute approximate surface area is 149 Å². The minimum atomic E-state index is -0.341. The van der Waals surface area contributed by atoms with Crippen molar-refractivity contribution < 1.29 is 9.59 Å². The predicted molar refractivity (Wildman–Crippen MR) is 96.0 cm³/mol. The summed E-state index contributed by atoms with van der Waals surface area (Å²) >= 11 is 0. The molecule has 2 saturated heterocycles. The van der Waals surface area contributed by atoms with E-state index in [4.69, 9.17) is 5.73 Å². The highest BCUT2D eigenvalue weighted by atomic mass is 16.2. The molecule has 3 aliphatic rings. The van der Waals surface area contributed by atoms with Gasteiger partial charge in [-0.05, 0) is 55.7 Å². The van der Waals surface area contributed by atoms with Crippen LogP contribution in [-0.2, 0) is 11.2 Å². The van der Waals surface area contributed by atoms with Gasteiger partial charge in [-0.1, -0.05) is 18.2 Å². The molecule has 1 aromatic carbocycles. The summed E-state index contributed by atoms with van der Waals surface area (Å²) in [6.45, 7) is 5.19. The molecule has 2 heterocycles. The van der Waals surface area contributed by atoms with Crippen LogP contribution in [0.2, 0.25) is 0 Å². The number of carbonyl (C=O) groups is 2. The number of amides is 2. The first-order chi connectivity index (χ1) is 12.1. The summed E-state index contributed by atoms with van der Waals surface area (Å²) in [5.74, 6) is 1.72. The molecule has 2 N–H and O–H groups in total. The second-order valence-corrected chi connectivity index (χ2v) is 7.92. The van der Waals surface area contributed by atoms with Gasteiger partial charge in [0, 0.05) is 37.7 Å². The summed E-state index contributed by atoms with van der Waals surface area (Å²) in [4.78, 5) is 28.3. The maximum atomic E-state index is 12.2. The maximum absolute atomic E-state index is 12.2. The normalized spacial score (nSPS) is 26.0. The molecular formula is C20H27N3O2. The molecule has 5 heteroatoms. The van der Waals surface area contributed by atoms with Crippen LogP contribution in [0.25, 0.3) is 0 Å². The van der Waals surface area contributed by atoms with E-state index in [2.05, 4.69) is 9.80 Å². The lowest BCUT2D eigenvalue weighted by atomic mass is 10.0. The van der Waals surface area contributed by atoms with Crippen molar-refractivity contribution in [3.63, 3.8) is 0 Å². The number of carbonyl (C=O) groups excluding carboxylic acids is 2. The molecule has 134 valence electrons. The van der Waals surface area contributed by atoms with E-state index in [9.17, 15) is 9.59 Å². The lowest BCUT2D eigenvalue weighted by Crippen LogP contribution is -2.34. The van der Waals surface area contributed by atoms with Gasteiger partial charge in [0.15, 0.2) is 0 Å². The van der Waals surface area contributed by atoms with Gasteiger partial charge in [0.25, 0.3) is 0 Å². The standard InChI is InChI=1S/C20H27N3O2/c21-19(24)18-6-2-1-4-14(18)5-3-9-22-10-16-12-23(13-17(16)11-22)20(25)15-7-8-15/h1-2,4,6,15-17H,3,5,7-13H2,(H2,21,24)/t16-,17?/m0/s1. The van der Waals surface area contributed by atoms with Gasteiger partial charge in [0.05, 0.1) is 0 Å². The summed E-state index contributed by atoms with van der Waals surface area (Å²) < 4.78 is 0. The molecule has 3 fully saturated rings. The Hall–Kier alpha value is -1.88. The lowest BCUT2D eigenvalue weighted by molar-refractivity contribution is -0.131. The van der Waals surface area contributed by atoms with Crippen molar-refractivity contribution in [2.45, 2.75) is 25.7 Å². The number of nitrogens with two attached hydrogens (primary N) is 1. The van der Waals surface area contributed by atoms with Crippen molar-refractivity contribution in [2.75, 3.05) is 32.7 Å².